The van der Waals surface area contributed by atoms with Gasteiger partial charge in [0.25, 0.3) is 0 Å². The standard InChI is InChI=1S/C19H17F2N3O2S/c1-12(18(25)23-17-10-13(20)6-7-16(17)21)27-19-22-8-9-24(19)14-4-3-5-15(11-14)26-2/h3-12H,1-2H3,(H,23,25). The maximum Gasteiger partial charge on any atom is 0.237 e. The Morgan fingerprint density at radius 3 is 2.85 bits per heavy atom. The number of rotatable bonds is 6. The first kappa shape index (κ1) is 18.9. The van der Waals surface area contributed by atoms with Gasteiger partial charge in [-0.15, -0.1) is 0 Å². The molecule has 0 saturated heterocycles. The molecule has 0 spiro atoms. The van der Waals surface area contributed by atoms with Crippen molar-refractivity contribution in [2.24, 2.45) is 0 Å². The third-order valence-corrected chi connectivity index (χ3v) is 4.86. The minimum atomic E-state index is -0.695. The molecular formula is C19H17F2N3O2S. The number of nitrogens with one attached hydrogen (secondary N) is 1. The summed E-state index contributed by atoms with van der Waals surface area (Å²) in [6.07, 6.45) is 3.40. The molecule has 3 rings (SSSR count). The van der Waals surface area contributed by atoms with Crippen LogP contribution in [0.1, 0.15) is 6.92 Å². The van der Waals surface area contributed by atoms with Crippen LogP contribution in [0.5, 0.6) is 5.75 Å². The van der Waals surface area contributed by atoms with E-state index in [-0.39, 0.29) is 5.69 Å². The quantitative estimate of drug-likeness (QED) is 0.640. The molecule has 8 heteroatoms. The van der Waals surface area contributed by atoms with Gasteiger partial charge >= 0.3 is 0 Å². The van der Waals surface area contributed by atoms with Gasteiger partial charge in [-0.25, -0.2) is 13.8 Å². The number of imidazole rings is 1. The summed E-state index contributed by atoms with van der Waals surface area (Å²) in [4.78, 5) is 16.7. The van der Waals surface area contributed by atoms with Crippen molar-refractivity contribution in [1.82, 2.24) is 9.55 Å². The minimum Gasteiger partial charge on any atom is -0.497 e. The average Bonchev–Trinajstić information content (AvgIpc) is 3.12. The van der Waals surface area contributed by atoms with Crippen molar-refractivity contribution in [2.45, 2.75) is 17.3 Å². The molecule has 0 saturated carbocycles. The van der Waals surface area contributed by atoms with Crippen molar-refractivity contribution >= 4 is 23.4 Å². The Hall–Kier alpha value is -2.87. The topological polar surface area (TPSA) is 56.2 Å². The van der Waals surface area contributed by atoms with Gasteiger partial charge in [0, 0.05) is 24.5 Å². The number of ether oxygens (including phenoxy) is 1. The second-order valence-corrected chi connectivity index (χ2v) is 6.96. The molecule has 0 bridgehead atoms. The summed E-state index contributed by atoms with van der Waals surface area (Å²) in [7, 11) is 1.58. The number of thioether (sulfide) groups is 1. The van der Waals surface area contributed by atoms with E-state index in [2.05, 4.69) is 10.3 Å². The van der Waals surface area contributed by atoms with E-state index in [1.54, 1.807) is 26.4 Å². The molecule has 0 fully saturated rings. The van der Waals surface area contributed by atoms with Crippen LogP contribution in [-0.2, 0) is 4.79 Å². The smallest absolute Gasteiger partial charge is 0.237 e. The molecule has 1 aromatic heterocycles. The highest BCUT2D eigenvalue weighted by atomic mass is 32.2. The van der Waals surface area contributed by atoms with Gasteiger partial charge in [0.2, 0.25) is 5.91 Å². The van der Waals surface area contributed by atoms with Gasteiger partial charge in [0.15, 0.2) is 5.16 Å². The van der Waals surface area contributed by atoms with E-state index in [4.69, 9.17) is 4.74 Å². The number of methoxy groups -OCH3 is 1. The molecule has 1 amide bonds. The van der Waals surface area contributed by atoms with Gasteiger partial charge in [-0.1, -0.05) is 17.8 Å². The maximum absolute atomic E-state index is 13.7. The van der Waals surface area contributed by atoms with Crippen LogP contribution >= 0.6 is 11.8 Å². The van der Waals surface area contributed by atoms with E-state index in [0.717, 1.165) is 23.9 Å². The Labute approximate surface area is 159 Å². The Morgan fingerprint density at radius 2 is 2.07 bits per heavy atom. The predicted octanol–water partition coefficient (Wildman–Crippen LogP) is 4.28. The van der Waals surface area contributed by atoms with Gasteiger partial charge in [0.1, 0.15) is 17.4 Å². The second kappa shape index (κ2) is 8.22. The fourth-order valence-corrected chi connectivity index (χ4v) is 3.26. The molecule has 27 heavy (non-hydrogen) atoms. The lowest BCUT2D eigenvalue weighted by atomic mass is 10.3. The second-order valence-electron chi connectivity index (χ2n) is 5.65. The number of carbonyl (C=O) groups excluding carboxylic acids is 1. The van der Waals surface area contributed by atoms with Gasteiger partial charge in [-0.2, -0.15) is 0 Å². The maximum atomic E-state index is 13.7. The number of amides is 1. The molecule has 5 nitrogen and oxygen atoms in total. The van der Waals surface area contributed by atoms with Crippen molar-refractivity contribution in [3.63, 3.8) is 0 Å². The number of aromatic nitrogens is 2. The van der Waals surface area contributed by atoms with Gasteiger partial charge < -0.3 is 10.1 Å². The summed E-state index contributed by atoms with van der Waals surface area (Å²) < 4.78 is 34.0. The summed E-state index contributed by atoms with van der Waals surface area (Å²) >= 11 is 1.21. The molecule has 2 aromatic carbocycles. The highest BCUT2D eigenvalue weighted by molar-refractivity contribution is 8.00. The third-order valence-electron chi connectivity index (χ3n) is 3.78. The molecule has 140 valence electrons. The monoisotopic (exact) mass is 389 g/mol. The molecule has 0 aliphatic carbocycles. The predicted molar refractivity (Wildman–Crippen MR) is 100 cm³/mol. The number of hydrogen-bond donors (Lipinski definition) is 1. The van der Waals surface area contributed by atoms with Crippen LogP contribution in [0.25, 0.3) is 5.69 Å². The largest absolute Gasteiger partial charge is 0.497 e. The zero-order chi connectivity index (χ0) is 19.4. The van der Waals surface area contributed by atoms with Crippen LogP contribution in [-0.4, -0.2) is 27.8 Å². The van der Waals surface area contributed by atoms with Crippen LogP contribution in [0, 0.1) is 11.6 Å². The SMILES string of the molecule is COc1cccc(-n2ccnc2SC(C)C(=O)Nc2cc(F)ccc2F)c1. The fraction of sp³-hybridized carbons (Fsp3) is 0.158. The minimum absolute atomic E-state index is 0.191. The molecule has 1 N–H and O–H groups in total. The molecule has 3 aromatic rings. The zero-order valence-electron chi connectivity index (χ0n) is 14.6. The summed E-state index contributed by atoms with van der Waals surface area (Å²) in [5, 5.41) is 2.41. The van der Waals surface area contributed by atoms with E-state index in [1.807, 2.05) is 28.8 Å². The van der Waals surface area contributed by atoms with E-state index < -0.39 is 22.8 Å². The molecule has 1 atom stereocenters. The summed E-state index contributed by atoms with van der Waals surface area (Å²) in [6, 6.07) is 10.3. The third kappa shape index (κ3) is 4.46. The van der Waals surface area contributed by atoms with Crippen LogP contribution in [0.3, 0.4) is 0 Å². The van der Waals surface area contributed by atoms with E-state index >= 15 is 0 Å². The Morgan fingerprint density at radius 1 is 1.26 bits per heavy atom. The molecule has 0 radical (unpaired) electrons. The lowest BCUT2D eigenvalue weighted by molar-refractivity contribution is -0.115. The Bertz CT molecular complexity index is 962. The highest BCUT2D eigenvalue weighted by Gasteiger charge is 2.19. The van der Waals surface area contributed by atoms with Gasteiger partial charge in [-0.3, -0.25) is 9.36 Å². The first-order valence-electron chi connectivity index (χ1n) is 8.08. The normalized spacial score (nSPS) is 11.9. The molecular weight excluding hydrogens is 372 g/mol. The van der Waals surface area contributed by atoms with Crippen LogP contribution in [0.4, 0.5) is 14.5 Å². The van der Waals surface area contributed by atoms with Crippen molar-refractivity contribution in [2.75, 3.05) is 12.4 Å². The van der Waals surface area contributed by atoms with Crippen LogP contribution < -0.4 is 10.1 Å². The number of anilines is 1. The van der Waals surface area contributed by atoms with Gasteiger partial charge in [0.05, 0.1) is 23.7 Å². The van der Waals surface area contributed by atoms with Crippen molar-refractivity contribution in [3.8, 4) is 11.4 Å². The fourth-order valence-electron chi connectivity index (χ4n) is 2.37. The van der Waals surface area contributed by atoms with Crippen LogP contribution in [0.15, 0.2) is 60.0 Å². The lowest BCUT2D eigenvalue weighted by Crippen LogP contribution is -2.23. The Balaban J connectivity index is 1.75. The number of benzene rings is 2. The first-order valence-corrected chi connectivity index (χ1v) is 8.96. The van der Waals surface area contributed by atoms with Crippen molar-refractivity contribution in [3.05, 3.63) is 66.5 Å². The number of nitrogens with zero attached hydrogens (tertiary/aromatic N) is 2. The number of hydrogen-bond acceptors (Lipinski definition) is 4. The molecule has 1 unspecified atom stereocenters. The van der Waals surface area contributed by atoms with E-state index in [1.165, 1.54) is 11.8 Å². The summed E-state index contributed by atoms with van der Waals surface area (Å²) in [5.41, 5.74) is 0.640. The van der Waals surface area contributed by atoms with E-state index in [9.17, 15) is 13.6 Å². The number of halogens is 2. The summed E-state index contributed by atoms with van der Waals surface area (Å²) in [5.74, 6) is -1.07. The van der Waals surface area contributed by atoms with E-state index in [0.29, 0.717) is 10.9 Å². The molecule has 0 aliphatic rings. The van der Waals surface area contributed by atoms with Gasteiger partial charge in [-0.05, 0) is 31.2 Å². The summed E-state index contributed by atoms with van der Waals surface area (Å²) in [6.45, 7) is 1.67. The Kier molecular flexibility index (Phi) is 5.75. The first-order chi connectivity index (χ1) is 13.0. The molecule has 1 heterocycles. The van der Waals surface area contributed by atoms with Crippen molar-refractivity contribution < 1.29 is 18.3 Å². The zero-order valence-corrected chi connectivity index (χ0v) is 15.5. The average molecular weight is 389 g/mol. The van der Waals surface area contributed by atoms with Crippen LogP contribution in [0.2, 0.25) is 0 Å². The van der Waals surface area contributed by atoms with Crippen molar-refractivity contribution in [1.29, 1.82) is 0 Å². The number of carbonyl (C=O) groups is 1. The highest BCUT2D eigenvalue weighted by Crippen LogP contribution is 2.27. The lowest BCUT2D eigenvalue weighted by Gasteiger charge is -2.14. The molecule has 0 aliphatic heterocycles.